The largest absolute Gasteiger partial charge is 0.469 e. The first-order valence-electron chi connectivity index (χ1n) is 8.34. The zero-order valence-electron chi connectivity index (χ0n) is 14.5. The number of rotatable bonds is 6. The van der Waals surface area contributed by atoms with Crippen LogP contribution in [0.25, 0.3) is 0 Å². The van der Waals surface area contributed by atoms with Gasteiger partial charge in [-0.2, -0.15) is 0 Å². The van der Waals surface area contributed by atoms with Crippen molar-refractivity contribution in [1.29, 1.82) is 0 Å². The van der Waals surface area contributed by atoms with Crippen molar-refractivity contribution in [2.45, 2.75) is 59.4 Å². The van der Waals surface area contributed by atoms with Gasteiger partial charge in [-0.1, -0.05) is 27.7 Å². The minimum absolute atomic E-state index is 0.124. The zero-order valence-corrected chi connectivity index (χ0v) is 14.5. The topological polar surface area (TPSA) is 55.6 Å². The molecule has 1 rings (SSSR count). The molecule has 2 N–H and O–H groups in total. The third-order valence-corrected chi connectivity index (χ3v) is 5.19. The summed E-state index contributed by atoms with van der Waals surface area (Å²) in [7, 11) is 1.46. The van der Waals surface area contributed by atoms with E-state index in [9.17, 15) is 4.79 Å². The van der Waals surface area contributed by atoms with Crippen LogP contribution in [0.5, 0.6) is 0 Å². The lowest BCUT2D eigenvalue weighted by Crippen LogP contribution is -2.49. The summed E-state index contributed by atoms with van der Waals surface area (Å²) in [5, 5.41) is 0. The molecule has 1 aliphatic rings. The highest BCUT2D eigenvalue weighted by Crippen LogP contribution is 2.41. The average molecular weight is 298 g/mol. The average Bonchev–Trinajstić information content (AvgIpc) is 2.46. The molecule has 124 valence electrons. The van der Waals surface area contributed by atoms with Gasteiger partial charge in [0, 0.05) is 12.6 Å². The van der Waals surface area contributed by atoms with Gasteiger partial charge in [-0.15, -0.1) is 0 Å². The van der Waals surface area contributed by atoms with E-state index in [0.29, 0.717) is 23.8 Å². The summed E-state index contributed by atoms with van der Waals surface area (Å²) >= 11 is 0. The second-order valence-corrected chi connectivity index (χ2v) is 7.39. The molecule has 0 radical (unpaired) electrons. The molecule has 0 spiro atoms. The molecule has 0 bridgehead atoms. The summed E-state index contributed by atoms with van der Waals surface area (Å²) in [4.78, 5) is 13.9. The van der Waals surface area contributed by atoms with E-state index in [4.69, 9.17) is 10.5 Å². The van der Waals surface area contributed by atoms with Crippen molar-refractivity contribution in [2.75, 3.05) is 26.7 Å². The number of methoxy groups -OCH3 is 1. The quantitative estimate of drug-likeness (QED) is 0.766. The van der Waals surface area contributed by atoms with Crippen LogP contribution < -0.4 is 5.73 Å². The third-order valence-electron chi connectivity index (χ3n) is 5.19. The molecule has 4 nitrogen and oxygen atoms in total. The summed E-state index contributed by atoms with van der Waals surface area (Å²) in [6.45, 7) is 11.7. The lowest BCUT2D eigenvalue weighted by atomic mass is 9.67. The summed E-state index contributed by atoms with van der Waals surface area (Å²) in [6, 6.07) is 0.502. The Hall–Kier alpha value is -0.610. The number of nitrogens with zero attached hydrogens (tertiary/aromatic N) is 1. The Labute approximate surface area is 130 Å². The molecule has 1 fully saturated rings. The van der Waals surface area contributed by atoms with Crippen molar-refractivity contribution in [3.8, 4) is 0 Å². The summed E-state index contributed by atoms with van der Waals surface area (Å²) in [6.07, 6.45) is 4.15. The molecule has 0 aromatic carbocycles. The van der Waals surface area contributed by atoms with Crippen molar-refractivity contribution in [1.82, 2.24) is 4.90 Å². The van der Waals surface area contributed by atoms with Gasteiger partial charge in [-0.3, -0.25) is 9.69 Å². The first-order valence-corrected chi connectivity index (χ1v) is 8.34. The molecule has 1 aliphatic carbocycles. The van der Waals surface area contributed by atoms with Crippen molar-refractivity contribution < 1.29 is 9.53 Å². The van der Waals surface area contributed by atoms with Crippen molar-refractivity contribution in [3.05, 3.63) is 0 Å². The number of hydrogen-bond donors (Lipinski definition) is 1. The van der Waals surface area contributed by atoms with Gasteiger partial charge in [-0.25, -0.2) is 0 Å². The summed E-state index contributed by atoms with van der Waals surface area (Å²) < 4.78 is 4.77. The van der Waals surface area contributed by atoms with E-state index in [2.05, 4.69) is 32.6 Å². The molecule has 3 unspecified atom stereocenters. The number of carbonyl (C=O) groups excluding carboxylic acids is 1. The minimum atomic E-state index is -0.124. The molecule has 4 heteroatoms. The lowest BCUT2D eigenvalue weighted by molar-refractivity contribution is -0.141. The smallest absolute Gasteiger partial charge is 0.306 e. The van der Waals surface area contributed by atoms with Gasteiger partial charge in [0.05, 0.1) is 13.5 Å². The van der Waals surface area contributed by atoms with Gasteiger partial charge >= 0.3 is 5.97 Å². The zero-order chi connectivity index (χ0) is 16.0. The van der Waals surface area contributed by atoms with Gasteiger partial charge in [0.1, 0.15) is 0 Å². The van der Waals surface area contributed by atoms with Gasteiger partial charge in [-0.05, 0) is 49.6 Å². The maximum Gasteiger partial charge on any atom is 0.306 e. The highest BCUT2D eigenvalue weighted by atomic mass is 16.5. The monoisotopic (exact) mass is 298 g/mol. The van der Waals surface area contributed by atoms with E-state index in [1.54, 1.807) is 0 Å². The summed E-state index contributed by atoms with van der Waals surface area (Å²) in [5.74, 6) is 1.17. The second kappa shape index (κ2) is 8.14. The van der Waals surface area contributed by atoms with E-state index in [1.807, 2.05) is 0 Å². The van der Waals surface area contributed by atoms with Crippen LogP contribution in [0.3, 0.4) is 0 Å². The number of esters is 1. The van der Waals surface area contributed by atoms with Crippen LogP contribution in [0.1, 0.15) is 53.4 Å². The molecule has 0 amide bonds. The van der Waals surface area contributed by atoms with Crippen LogP contribution in [0, 0.1) is 17.3 Å². The molecule has 3 atom stereocenters. The highest BCUT2D eigenvalue weighted by molar-refractivity contribution is 5.69. The molecule has 1 saturated carbocycles. The standard InChI is InChI=1S/C17H34N2O2/c1-6-19(10-9-16(20)21-5)15-11-14(17(2,3)4)8-7-13(15)12-18/h13-15H,6-12,18H2,1-5H3. The maximum atomic E-state index is 11.4. The van der Waals surface area contributed by atoms with E-state index in [1.165, 1.54) is 26.4 Å². The van der Waals surface area contributed by atoms with Gasteiger partial charge in [0.25, 0.3) is 0 Å². The van der Waals surface area contributed by atoms with Crippen LogP contribution >= 0.6 is 0 Å². The Morgan fingerprint density at radius 1 is 1.33 bits per heavy atom. The Bertz CT molecular complexity index is 325. The summed E-state index contributed by atoms with van der Waals surface area (Å²) in [5.41, 5.74) is 6.35. The number of nitrogens with two attached hydrogens (primary N) is 1. The number of carbonyl (C=O) groups is 1. The van der Waals surface area contributed by atoms with Gasteiger partial charge < -0.3 is 10.5 Å². The first kappa shape index (κ1) is 18.4. The molecular formula is C17H34N2O2. The van der Waals surface area contributed by atoms with Crippen LogP contribution in [-0.2, 0) is 9.53 Å². The first-order chi connectivity index (χ1) is 9.83. The third kappa shape index (κ3) is 5.26. The van der Waals surface area contributed by atoms with E-state index in [0.717, 1.165) is 25.6 Å². The predicted molar refractivity (Wildman–Crippen MR) is 87.0 cm³/mol. The lowest BCUT2D eigenvalue weighted by Gasteiger charge is -2.46. The highest BCUT2D eigenvalue weighted by Gasteiger charge is 2.37. The Kier molecular flexibility index (Phi) is 7.14. The second-order valence-electron chi connectivity index (χ2n) is 7.39. The van der Waals surface area contributed by atoms with E-state index in [-0.39, 0.29) is 5.97 Å². The SMILES string of the molecule is CCN(CCC(=O)OC)C1CC(C(C)(C)C)CCC1CN. The molecule has 0 heterocycles. The Balaban J connectivity index is 2.73. The van der Waals surface area contributed by atoms with Crippen LogP contribution in [0.2, 0.25) is 0 Å². The molecule has 0 aliphatic heterocycles. The van der Waals surface area contributed by atoms with Crippen molar-refractivity contribution in [3.63, 3.8) is 0 Å². The van der Waals surface area contributed by atoms with Crippen LogP contribution in [-0.4, -0.2) is 43.7 Å². The predicted octanol–water partition coefficient (Wildman–Crippen LogP) is 2.66. The van der Waals surface area contributed by atoms with Crippen molar-refractivity contribution >= 4 is 5.97 Å². The molecule has 0 aromatic rings. The van der Waals surface area contributed by atoms with Gasteiger partial charge in [0.15, 0.2) is 0 Å². The molecule has 21 heavy (non-hydrogen) atoms. The Morgan fingerprint density at radius 2 is 2.00 bits per heavy atom. The maximum absolute atomic E-state index is 11.4. The molecule has 0 saturated heterocycles. The van der Waals surface area contributed by atoms with E-state index >= 15 is 0 Å². The fraction of sp³-hybridized carbons (Fsp3) is 0.941. The molecule has 0 aromatic heterocycles. The number of ether oxygens (including phenoxy) is 1. The molecular weight excluding hydrogens is 264 g/mol. The van der Waals surface area contributed by atoms with E-state index < -0.39 is 0 Å². The van der Waals surface area contributed by atoms with Gasteiger partial charge in [0.2, 0.25) is 0 Å². The normalized spacial score (nSPS) is 26.9. The van der Waals surface area contributed by atoms with Crippen LogP contribution in [0.15, 0.2) is 0 Å². The van der Waals surface area contributed by atoms with Crippen molar-refractivity contribution in [2.24, 2.45) is 23.0 Å². The number of hydrogen-bond acceptors (Lipinski definition) is 4. The fourth-order valence-corrected chi connectivity index (χ4v) is 3.61. The Morgan fingerprint density at radius 3 is 2.48 bits per heavy atom. The van der Waals surface area contributed by atoms with Crippen LogP contribution in [0.4, 0.5) is 0 Å². The fourth-order valence-electron chi connectivity index (χ4n) is 3.61. The minimum Gasteiger partial charge on any atom is -0.469 e.